The fourth-order valence-electron chi connectivity index (χ4n) is 1.82. The van der Waals surface area contributed by atoms with Crippen LogP contribution in [0.25, 0.3) is 0 Å². The number of carboxylic acids is 1. The summed E-state index contributed by atoms with van der Waals surface area (Å²) < 4.78 is 38.0. The van der Waals surface area contributed by atoms with Gasteiger partial charge in [-0.2, -0.15) is 13.2 Å². The van der Waals surface area contributed by atoms with E-state index in [0.717, 1.165) is 6.07 Å². The van der Waals surface area contributed by atoms with Crippen LogP contribution in [0.15, 0.2) is 6.07 Å². The zero-order chi connectivity index (χ0) is 15.6. The number of carbonyl (C=O) groups is 2. The highest BCUT2D eigenvalue weighted by Crippen LogP contribution is 2.26. The maximum absolute atomic E-state index is 12.7. The topological polar surface area (TPSA) is 95.4 Å². The SMILES string of the molecule is O=C(O)c1cc(C(=O)N2CCNCC2)nc(C(F)(F)F)n1. The number of carboxylic acid groups (broad SMARTS) is 1. The molecule has 0 saturated carbocycles. The maximum Gasteiger partial charge on any atom is 0.451 e. The fraction of sp³-hybridized carbons (Fsp3) is 0.455. The Bertz CT molecular complexity index is 570. The van der Waals surface area contributed by atoms with Gasteiger partial charge < -0.3 is 15.3 Å². The van der Waals surface area contributed by atoms with Crippen molar-refractivity contribution in [2.45, 2.75) is 6.18 Å². The normalized spacial score (nSPS) is 15.9. The summed E-state index contributed by atoms with van der Waals surface area (Å²) in [5.41, 5.74) is -1.44. The third-order valence-corrected chi connectivity index (χ3v) is 2.82. The molecule has 1 amide bonds. The van der Waals surface area contributed by atoms with Crippen molar-refractivity contribution >= 4 is 11.9 Å². The van der Waals surface area contributed by atoms with E-state index >= 15 is 0 Å². The van der Waals surface area contributed by atoms with Crippen LogP contribution < -0.4 is 5.32 Å². The number of rotatable bonds is 2. The first-order valence-electron chi connectivity index (χ1n) is 5.98. The Balaban J connectivity index is 2.39. The average molecular weight is 304 g/mol. The molecule has 1 aromatic rings. The molecule has 2 heterocycles. The van der Waals surface area contributed by atoms with E-state index in [1.807, 2.05) is 0 Å². The third kappa shape index (κ3) is 3.45. The number of amides is 1. The smallest absolute Gasteiger partial charge is 0.451 e. The van der Waals surface area contributed by atoms with E-state index < -0.39 is 35.3 Å². The monoisotopic (exact) mass is 304 g/mol. The summed E-state index contributed by atoms with van der Waals surface area (Å²) in [6.45, 7) is 1.64. The zero-order valence-corrected chi connectivity index (χ0v) is 10.6. The second-order valence-electron chi connectivity index (χ2n) is 4.31. The van der Waals surface area contributed by atoms with Crippen LogP contribution in [0.1, 0.15) is 26.8 Å². The molecule has 114 valence electrons. The Morgan fingerprint density at radius 1 is 1.19 bits per heavy atom. The van der Waals surface area contributed by atoms with Crippen LogP contribution in [-0.4, -0.2) is 58.0 Å². The molecule has 0 aromatic carbocycles. The van der Waals surface area contributed by atoms with Gasteiger partial charge in [0.2, 0.25) is 5.82 Å². The van der Waals surface area contributed by atoms with E-state index in [0.29, 0.717) is 26.2 Å². The number of nitrogens with one attached hydrogen (secondary N) is 1. The van der Waals surface area contributed by atoms with Crippen molar-refractivity contribution in [3.63, 3.8) is 0 Å². The van der Waals surface area contributed by atoms with Crippen LogP contribution >= 0.6 is 0 Å². The van der Waals surface area contributed by atoms with E-state index in [1.54, 1.807) is 0 Å². The molecule has 0 unspecified atom stereocenters. The minimum Gasteiger partial charge on any atom is -0.477 e. The van der Waals surface area contributed by atoms with Crippen LogP contribution in [0.5, 0.6) is 0 Å². The van der Waals surface area contributed by atoms with E-state index in [9.17, 15) is 22.8 Å². The molecule has 1 aliphatic heterocycles. The molecule has 2 rings (SSSR count). The van der Waals surface area contributed by atoms with Gasteiger partial charge in [0.15, 0.2) is 5.69 Å². The summed E-state index contributed by atoms with van der Waals surface area (Å²) in [5, 5.41) is 11.8. The molecule has 0 aliphatic carbocycles. The molecule has 1 fully saturated rings. The molecular weight excluding hydrogens is 293 g/mol. The van der Waals surface area contributed by atoms with Crippen molar-refractivity contribution in [1.29, 1.82) is 0 Å². The molecule has 0 bridgehead atoms. The van der Waals surface area contributed by atoms with Crippen LogP contribution in [0, 0.1) is 0 Å². The second-order valence-corrected chi connectivity index (χ2v) is 4.31. The molecule has 0 radical (unpaired) electrons. The lowest BCUT2D eigenvalue weighted by Gasteiger charge is -2.27. The molecule has 1 aliphatic rings. The first kappa shape index (κ1) is 15.2. The molecule has 1 aromatic heterocycles. The van der Waals surface area contributed by atoms with Crippen molar-refractivity contribution in [3.8, 4) is 0 Å². The van der Waals surface area contributed by atoms with Crippen LogP contribution in [0.2, 0.25) is 0 Å². The summed E-state index contributed by atoms with van der Waals surface area (Å²) in [5.74, 6) is -4.04. The fourth-order valence-corrected chi connectivity index (χ4v) is 1.82. The van der Waals surface area contributed by atoms with Gasteiger partial charge in [0.25, 0.3) is 5.91 Å². The lowest BCUT2D eigenvalue weighted by atomic mass is 10.2. The highest BCUT2D eigenvalue weighted by atomic mass is 19.4. The molecule has 0 spiro atoms. The van der Waals surface area contributed by atoms with E-state index in [1.165, 1.54) is 4.90 Å². The van der Waals surface area contributed by atoms with Gasteiger partial charge in [-0.3, -0.25) is 4.79 Å². The van der Waals surface area contributed by atoms with Crippen molar-refractivity contribution in [1.82, 2.24) is 20.2 Å². The van der Waals surface area contributed by atoms with Crippen LogP contribution in [-0.2, 0) is 6.18 Å². The summed E-state index contributed by atoms with van der Waals surface area (Å²) in [6, 6.07) is 0.752. The highest BCUT2D eigenvalue weighted by Gasteiger charge is 2.37. The van der Waals surface area contributed by atoms with Gasteiger partial charge in [-0.1, -0.05) is 0 Å². The molecule has 7 nitrogen and oxygen atoms in total. The Hall–Kier alpha value is -2.23. The number of hydrogen-bond donors (Lipinski definition) is 2. The summed E-state index contributed by atoms with van der Waals surface area (Å²) >= 11 is 0. The van der Waals surface area contributed by atoms with E-state index in [2.05, 4.69) is 15.3 Å². The van der Waals surface area contributed by atoms with Gasteiger partial charge in [-0.05, 0) is 0 Å². The largest absolute Gasteiger partial charge is 0.477 e. The van der Waals surface area contributed by atoms with Crippen molar-refractivity contribution in [3.05, 3.63) is 23.3 Å². The molecule has 2 N–H and O–H groups in total. The first-order chi connectivity index (χ1) is 9.79. The van der Waals surface area contributed by atoms with Gasteiger partial charge in [-0.15, -0.1) is 0 Å². The Labute approximate surface area is 116 Å². The third-order valence-electron chi connectivity index (χ3n) is 2.82. The second kappa shape index (κ2) is 5.64. The molecule has 10 heteroatoms. The van der Waals surface area contributed by atoms with Gasteiger partial charge in [-0.25, -0.2) is 14.8 Å². The number of nitrogens with zero attached hydrogens (tertiary/aromatic N) is 3. The number of hydrogen-bond acceptors (Lipinski definition) is 5. The number of halogens is 3. The number of carbonyl (C=O) groups excluding carboxylic acids is 1. The number of alkyl halides is 3. The summed E-state index contributed by atoms with van der Waals surface area (Å²) in [6.07, 6.45) is -4.93. The standard InChI is InChI=1S/C11H11F3N4O3/c12-11(13,14)10-16-6(5-7(17-10)9(20)21)8(19)18-3-1-15-2-4-18/h5,15H,1-4H2,(H,20,21). The molecule has 1 saturated heterocycles. The highest BCUT2D eigenvalue weighted by molar-refractivity contribution is 5.95. The van der Waals surface area contributed by atoms with Crippen molar-refractivity contribution in [2.24, 2.45) is 0 Å². The van der Waals surface area contributed by atoms with E-state index in [-0.39, 0.29) is 0 Å². The van der Waals surface area contributed by atoms with Crippen LogP contribution in [0.3, 0.4) is 0 Å². The first-order valence-corrected chi connectivity index (χ1v) is 5.98. The minimum atomic E-state index is -4.93. The van der Waals surface area contributed by atoms with Gasteiger partial charge in [0, 0.05) is 32.2 Å². The minimum absolute atomic E-state index is 0.312. The summed E-state index contributed by atoms with van der Waals surface area (Å²) in [4.78, 5) is 30.3. The Morgan fingerprint density at radius 2 is 1.76 bits per heavy atom. The van der Waals surface area contributed by atoms with Gasteiger partial charge in [0.05, 0.1) is 0 Å². The van der Waals surface area contributed by atoms with Crippen LogP contribution in [0.4, 0.5) is 13.2 Å². The number of piperazine rings is 1. The van der Waals surface area contributed by atoms with Gasteiger partial charge in [0.1, 0.15) is 5.69 Å². The Morgan fingerprint density at radius 3 is 2.29 bits per heavy atom. The molecule has 0 atom stereocenters. The predicted molar refractivity (Wildman–Crippen MR) is 62.8 cm³/mol. The Kier molecular flexibility index (Phi) is 4.07. The molecule has 21 heavy (non-hydrogen) atoms. The maximum atomic E-state index is 12.7. The lowest BCUT2D eigenvalue weighted by Crippen LogP contribution is -2.46. The zero-order valence-electron chi connectivity index (χ0n) is 10.6. The predicted octanol–water partition coefficient (Wildman–Crippen LogP) is 0.239. The quantitative estimate of drug-likeness (QED) is 0.812. The van der Waals surface area contributed by atoms with Crippen molar-refractivity contribution < 1.29 is 27.9 Å². The summed E-state index contributed by atoms with van der Waals surface area (Å²) in [7, 11) is 0. The van der Waals surface area contributed by atoms with Gasteiger partial charge >= 0.3 is 12.1 Å². The average Bonchev–Trinajstić information content (AvgIpc) is 2.46. The lowest BCUT2D eigenvalue weighted by molar-refractivity contribution is -0.145. The van der Waals surface area contributed by atoms with Crippen molar-refractivity contribution in [2.75, 3.05) is 26.2 Å². The number of aromatic nitrogens is 2. The molecular formula is C11H11F3N4O3. The van der Waals surface area contributed by atoms with E-state index in [4.69, 9.17) is 5.11 Å². The number of aromatic carboxylic acids is 1.